The van der Waals surface area contributed by atoms with Crippen molar-refractivity contribution in [3.8, 4) is 0 Å². The van der Waals surface area contributed by atoms with Crippen LogP contribution in [0.3, 0.4) is 0 Å². The van der Waals surface area contributed by atoms with Crippen molar-refractivity contribution in [1.29, 1.82) is 0 Å². The van der Waals surface area contributed by atoms with E-state index in [-0.39, 0.29) is 16.7 Å². The highest BCUT2D eigenvalue weighted by molar-refractivity contribution is 7.89. The minimum Gasteiger partial charge on any atom is -0.360 e. The SMILES string of the molecule is Cc1ccsc1CNC(=O)C1CCN(S(=O)(=O)c2c(C)noc2C)CC1. The van der Waals surface area contributed by atoms with E-state index in [2.05, 4.69) is 10.5 Å². The molecule has 1 saturated heterocycles. The van der Waals surface area contributed by atoms with Gasteiger partial charge in [0.25, 0.3) is 0 Å². The molecule has 3 heterocycles. The summed E-state index contributed by atoms with van der Waals surface area (Å²) < 4.78 is 32.0. The van der Waals surface area contributed by atoms with Crippen LogP contribution in [0.4, 0.5) is 0 Å². The molecule has 0 unspecified atom stereocenters. The summed E-state index contributed by atoms with van der Waals surface area (Å²) in [7, 11) is -3.64. The van der Waals surface area contributed by atoms with Crippen LogP contribution in [0.1, 0.15) is 34.7 Å². The number of nitrogens with zero attached hydrogens (tertiary/aromatic N) is 2. The number of aromatic nitrogens is 1. The third kappa shape index (κ3) is 3.70. The predicted molar refractivity (Wildman–Crippen MR) is 98.4 cm³/mol. The number of nitrogens with one attached hydrogen (secondary N) is 1. The molecule has 26 heavy (non-hydrogen) atoms. The van der Waals surface area contributed by atoms with Gasteiger partial charge < -0.3 is 9.84 Å². The van der Waals surface area contributed by atoms with Gasteiger partial charge in [0.15, 0.2) is 5.76 Å². The number of sulfonamides is 1. The van der Waals surface area contributed by atoms with Gasteiger partial charge in [0.05, 0.1) is 6.54 Å². The number of carbonyl (C=O) groups is 1. The lowest BCUT2D eigenvalue weighted by Crippen LogP contribution is -2.43. The maximum atomic E-state index is 12.8. The summed E-state index contributed by atoms with van der Waals surface area (Å²) >= 11 is 1.63. The van der Waals surface area contributed by atoms with Crippen LogP contribution in [-0.4, -0.2) is 36.9 Å². The average Bonchev–Trinajstić information content (AvgIpc) is 3.18. The highest BCUT2D eigenvalue weighted by Gasteiger charge is 2.35. The van der Waals surface area contributed by atoms with Gasteiger partial charge in [0.1, 0.15) is 10.6 Å². The van der Waals surface area contributed by atoms with Crippen molar-refractivity contribution in [1.82, 2.24) is 14.8 Å². The van der Waals surface area contributed by atoms with Gasteiger partial charge in [-0.3, -0.25) is 4.79 Å². The number of carbonyl (C=O) groups excluding carboxylic acids is 1. The number of piperidine rings is 1. The van der Waals surface area contributed by atoms with Gasteiger partial charge in [-0.25, -0.2) is 8.42 Å². The Balaban J connectivity index is 1.58. The first-order chi connectivity index (χ1) is 12.3. The monoisotopic (exact) mass is 397 g/mol. The van der Waals surface area contributed by atoms with Gasteiger partial charge in [-0.1, -0.05) is 5.16 Å². The summed E-state index contributed by atoms with van der Waals surface area (Å²) in [6, 6.07) is 2.03. The first kappa shape index (κ1) is 19.1. The molecule has 1 amide bonds. The van der Waals surface area contributed by atoms with Crippen LogP contribution in [0.5, 0.6) is 0 Å². The first-order valence-electron chi connectivity index (χ1n) is 8.54. The number of hydrogen-bond donors (Lipinski definition) is 1. The normalized spacial score (nSPS) is 16.7. The summed E-state index contributed by atoms with van der Waals surface area (Å²) in [5, 5.41) is 8.71. The molecular weight excluding hydrogens is 374 g/mol. The third-order valence-corrected chi connectivity index (χ3v) is 7.95. The van der Waals surface area contributed by atoms with Gasteiger partial charge >= 0.3 is 0 Å². The number of rotatable bonds is 5. The Morgan fingerprint density at radius 2 is 2.04 bits per heavy atom. The van der Waals surface area contributed by atoms with Crippen molar-refractivity contribution < 1.29 is 17.7 Å². The van der Waals surface area contributed by atoms with E-state index in [1.54, 1.807) is 25.2 Å². The second kappa shape index (κ2) is 7.50. The fourth-order valence-corrected chi connectivity index (χ4v) is 5.83. The van der Waals surface area contributed by atoms with Gasteiger partial charge in [-0.05, 0) is 50.6 Å². The van der Waals surface area contributed by atoms with E-state index in [0.717, 1.165) is 4.88 Å². The Hall–Kier alpha value is -1.71. The second-order valence-corrected chi connectivity index (χ2v) is 9.45. The van der Waals surface area contributed by atoms with Crippen LogP contribution < -0.4 is 5.32 Å². The molecular formula is C17H23N3O4S2. The minimum absolute atomic E-state index is 0.00723. The standard InChI is InChI=1S/C17H23N3O4S2/c1-11-6-9-25-15(11)10-18-17(21)14-4-7-20(8-5-14)26(22,23)16-12(2)19-24-13(16)3/h6,9,14H,4-5,7-8,10H2,1-3H3,(H,18,21). The molecule has 3 rings (SSSR count). The maximum Gasteiger partial charge on any atom is 0.248 e. The Morgan fingerprint density at radius 3 is 2.58 bits per heavy atom. The fraction of sp³-hybridized carbons (Fsp3) is 0.529. The molecule has 9 heteroatoms. The van der Waals surface area contributed by atoms with Crippen LogP contribution in [0.2, 0.25) is 0 Å². The molecule has 1 N–H and O–H groups in total. The summed E-state index contributed by atoms with van der Waals surface area (Å²) in [5.41, 5.74) is 1.55. The zero-order valence-electron chi connectivity index (χ0n) is 15.1. The lowest BCUT2D eigenvalue weighted by Gasteiger charge is -2.30. The lowest BCUT2D eigenvalue weighted by molar-refractivity contribution is -0.126. The molecule has 0 bridgehead atoms. The quantitative estimate of drug-likeness (QED) is 0.836. The molecule has 1 fully saturated rings. The molecule has 0 atom stereocenters. The van der Waals surface area contributed by atoms with Crippen LogP contribution >= 0.6 is 11.3 Å². The summed E-state index contributed by atoms with van der Waals surface area (Å²) in [5.74, 6) is 0.132. The number of thiophene rings is 1. The zero-order chi connectivity index (χ0) is 18.9. The highest BCUT2D eigenvalue weighted by atomic mass is 32.2. The molecule has 2 aromatic heterocycles. The van der Waals surface area contributed by atoms with Crippen molar-refractivity contribution in [2.45, 2.75) is 45.1 Å². The largest absolute Gasteiger partial charge is 0.360 e. The molecule has 1 aliphatic heterocycles. The molecule has 0 spiro atoms. The van der Waals surface area contributed by atoms with E-state index in [9.17, 15) is 13.2 Å². The van der Waals surface area contributed by atoms with Crippen LogP contribution in [0, 0.1) is 26.7 Å². The zero-order valence-corrected chi connectivity index (χ0v) is 16.7. The van der Waals surface area contributed by atoms with E-state index in [0.29, 0.717) is 43.9 Å². The Bertz CT molecular complexity index is 874. The van der Waals surface area contributed by atoms with Gasteiger partial charge in [-0.15, -0.1) is 11.3 Å². The molecule has 0 aromatic carbocycles. The number of aryl methyl sites for hydroxylation is 3. The average molecular weight is 398 g/mol. The van der Waals surface area contributed by atoms with E-state index in [1.165, 1.54) is 9.87 Å². The molecule has 7 nitrogen and oxygen atoms in total. The third-order valence-electron chi connectivity index (χ3n) is 4.78. The predicted octanol–water partition coefficient (Wildman–Crippen LogP) is 2.38. The molecule has 1 aliphatic rings. The van der Waals surface area contributed by atoms with E-state index in [1.807, 2.05) is 18.4 Å². The van der Waals surface area contributed by atoms with Crippen molar-refractivity contribution in [2.24, 2.45) is 5.92 Å². The van der Waals surface area contributed by atoms with Crippen molar-refractivity contribution in [3.05, 3.63) is 33.3 Å². The minimum atomic E-state index is -3.64. The van der Waals surface area contributed by atoms with Crippen LogP contribution in [0.15, 0.2) is 20.9 Å². The molecule has 0 aliphatic carbocycles. The highest BCUT2D eigenvalue weighted by Crippen LogP contribution is 2.27. The van der Waals surface area contributed by atoms with Gasteiger partial charge in [0.2, 0.25) is 15.9 Å². The van der Waals surface area contributed by atoms with Gasteiger partial charge in [0, 0.05) is 23.9 Å². The van der Waals surface area contributed by atoms with Gasteiger partial charge in [-0.2, -0.15) is 4.31 Å². The number of hydrogen-bond acceptors (Lipinski definition) is 6. The maximum absolute atomic E-state index is 12.8. The lowest BCUT2D eigenvalue weighted by atomic mass is 9.97. The van der Waals surface area contributed by atoms with Crippen molar-refractivity contribution in [3.63, 3.8) is 0 Å². The second-order valence-electron chi connectivity index (χ2n) is 6.58. The molecule has 2 aromatic rings. The molecule has 0 saturated carbocycles. The Morgan fingerprint density at radius 1 is 1.35 bits per heavy atom. The fourth-order valence-electron chi connectivity index (χ4n) is 3.23. The van der Waals surface area contributed by atoms with Crippen molar-refractivity contribution >= 4 is 27.3 Å². The molecule has 142 valence electrons. The summed E-state index contributed by atoms with van der Waals surface area (Å²) in [6.45, 7) is 6.41. The topological polar surface area (TPSA) is 92.5 Å². The van der Waals surface area contributed by atoms with E-state index >= 15 is 0 Å². The first-order valence-corrected chi connectivity index (χ1v) is 10.9. The summed E-state index contributed by atoms with van der Waals surface area (Å²) in [4.78, 5) is 13.7. The Kier molecular flexibility index (Phi) is 5.50. The van der Waals surface area contributed by atoms with E-state index < -0.39 is 10.0 Å². The Labute approximate surface area is 157 Å². The smallest absolute Gasteiger partial charge is 0.248 e. The molecule has 0 radical (unpaired) electrons. The summed E-state index contributed by atoms with van der Waals surface area (Å²) in [6.07, 6.45) is 1.02. The van der Waals surface area contributed by atoms with Crippen LogP contribution in [0.25, 0.3) is 0 Å². The number of amides is 1. The van der Waals surface area contributed by atoms with E-state index in [4.69, 9.17) is 4.52 Å². The van der Waals surface area contributed by atoms with Crippen molar-refractivity contribution in [2.75, 3.05) is 13.1 Å². The van der Waals surface area contributed by atoms with Crippen LogP contribution in [-0.2, 0) is 21.4 Å².